The number of carbonyl (C=O) groups excluding carboxylic acids is 2. The summed E-state index contributed by atoms with van der Waals surface area (Å²) in [6.07, 6.45) is -117. The van der Waals surface area contributed by atoms with E-state index in [0.717, 1.165) is 13.8 Å². The molecule has 0 saturated carbocycles. The number of rotatable bonds is 33. The summed E-state index contributed by atoms with van der Waals surface area (Å²) in [6.45, 7) is -10.6. The Labute approximate surface area is 722 Å². The molecule has 0 aromatic carbocycles. The summed E-state index contributed by atoms with van der Waals surface area (Å²) < 4.78 is 123. The SMILES string of the molecule is CC(=O)N[C@@H]1[C@@H](O)[C@H](O[C@@H]2O[C@H](CO)[C@@H](O[C@@H]3O[C@H](CO[C@H]4O[C@H](CO[C@H]5O[C@H](CO)[C@@H](O)[C@H](O)[C@@H]5O)[C@@H](O)[C@H](O[C@H]5O[C@H](CO)[C@@H](O)[C@H](O)[C@@H]5O)[C@@H]4O)[C@@H](O)[C@H](O[C@H]4O[C@H](CO[C@H]5O[C@H](CO)[C@@H](O)[C@H](O)[C@@H]5O)[C@@H](O)[C@H](O)[C@@H]4O[C@H]4O[C@H](CO)[C@@H](O)[C@H](O)[C@@H]4O[C@H]4O[C@H](CO)[C@@H](O)[C@H](O[C@H]5O[C@H](CO)[C@@H](O)[C@H](O)[C@@H]5O)[C@@H]4O)[C@@H]3O)[C@H](O)[C@H]2NC(C)=O)[C@@H](CO)O[C@H]1O. The molecule has 58 nitrogen and oxygen atoms in total. The van der Waals surface area contributed by atoms with E-state index in [9.17, 15) is 178 Å². The van der Waals surface area contributed by atoms with Crippen molar-refractivity contribution in [2.45, 2.75) is 351 Å². The number of aliphatic hydroxyl groups excluding tert-OH is 33. The third-order valence-corrected chi connectivity index (χ3v) is 23.7. The standard InChI is InChI=1S/C70H118N2O56/c1-14(81)71-27-38(92)53(22(9-79)111-60(27)107)122-61-28(72-15(2)82)39(93)54(23(10-80)118-61)123-68-52(106)57(37(91)26(120-68)13-110-64-50(104)56(125-66-49(103)43(97)32(86)19(6-76)115-66)36(90)25(119-64)12-109-63-47(101)41(95)30(84)17(4-74)113-63)126-70-59(45(99)34(88)24(121-70)11-108-62-46(100)40(94)29(83)16(3-73)112-62)128-69-58(44(98)33(87)20(7-77)117-69)127-67-51(105)55(35(89)21(8-78)116-67)124-65-48(102)42(96)31(85)18(5-75)114-65/h16-70,73-80,83-107H,3-13H2,1-2H3,(H,71,81)(H,72,82)/t16-,17-,18-,19-,20-,21-,22-,23-,24-,25-,26-,27-,28-,29-,30-,31-,32-,33-,34-,35-,36-,37-,38-,39-,40+,41+,42+,43+,44+,45+,46+,47+,48+,49+,50+,51+,52+,53-,54-,55+,56+,57+,58+,59+,60-,61+,62+,63+,64+,65-,66-,67-,68+,69-,70-/m1/s1. The van der Waals surface area contributed by atoms with Crippen LogP contribution in [0.1, 0.15) is 13.8 Å². The first-order valence-corrected chi connectivity index (χ1v) is 40.7. The van der Waals surface area contributed by atoms with E-state index in [2.05, 4.69) is 10.6 Å². The van der Waals surface area contributed by atoms with Gasteiger partial charge in [-0.15, -0.1) is 0 Å². The van der Waals surface area contributed by atoms with Gasteiger partial charge in [-0.1, -0.05) is 0 Å². The van der Waals surface area contributed by atoms with Gasteiger partial charge in [-0.05, 0) is 0 Å². The van der Waals surface area contributed by atoms with E-state index < -0.39 is 422 Å². The first-order valence-electron chi connectivity index (χ1n) is 40.7. The Balaban J connectivity index is 0.965. The fraction of sp³-hybridized carbons (Fsp3) is 0.971. The second-order valence-electron chi connectivity index (χ2n) is 32.4. The zero-order chi connectivity index (χ0) is 94.0. The molecule has 11 aliphatic heterocycles. The maximum absolute atomic E-state index is 13.2. The van der Waals surface area contributed by atoms with Crippen molar-refractivity contribution in [3.63, 3.8) is 0 Å². The molecule has 11 saturated heterocycles. The number of hydrogen-bond donors (Lipinski definition) is 35. The molecule has 0 unspecified atom stereocenters. The molecule has 0 spiro atoms. The van der Waals surface area contributed by atoms with E-state index in [1.807, 2.05) is 0 Å². The van der Waals surface area contributed by atoms with E-state index in [0.29, 0.717) is 0 Å². The summed E-state index contributed by atoms with van der Waals surface area (Å²) in [5, 5.41) is 372. The largest absolute Gasteiger partial charge is 0.394 e. The van der Waals surface area contributed by atoms with Gasteiger partial charge >= 0.3 is 0 Å². The smallest absolute Gasteiger partial charge is 0.217 e. The molecule has 11 heterocycles. The predicted molar refractivity (Wildman–Crippen MR) is 386 cm³/mol. The van der Waals surface area contributed by atoms with E-state index in [1.165, 1.54) is 0 Å². The van der Waals surface area contributed by atoms with Gasteiger partial charge in [0.25, 0.3) is 0 Å². The van der Waals surface area contributed by atoms with E-state index in [1.54, 1.807) is 0 Å². The molecule has 0 aromatic heterocycles. The molecule has 11 fully saturated rings. The topological polar surface area (TPSA) is 920 Å². The molecule has 128 heavy (non-hydrogen) atoms. The van der Waals surface area contributed by atoms with Crippen molar-refractivity contribution in [3.8, 4) is 0 Å². The number of carbonyl (C=O) groups is 2. The van der Waals surface area contributed by atoms with Crippen molar-refractivity contribution in [2.75, 3.05) is 72.7 Å². The van der Waals surface area contributed by atoms with Gasteiger partial charge in [-0.2, -0.15) is 0 Å². The van der Waals surface area contributed by atoms with Crippen molar-refractivity contribution in [3.05, 3.63) is 0 Å². The Bertz CT molecular complexity index is 3380. The Kier molecular flexibility index (Phi) is 37.7. The van der Waals surface area contributed by atoms with Crippen LogP contribution in [0, 0.1) is 0 Å². The Morgan fingerprint density at radius 1 is 0.203 bits per heavy atom. The average molecular weight is 1880 g/mol. The summed E-state index contributed by atoms with van der Waals surface area (Å²) in [7, 11) is 0. The third-order valence-electron chi connectivity index (χ3n) is 23.7. The van der Waals surface area contributed by atoms with Gasteiger partial charge in [0, 0.05) is 13.8 Å². The number of nitrogens with one attached hydrogen (secondary N) is 2. The van der Waals surface area contributed by atoms with Gasteiger partial charge in [0.2, 0.25) is 11.8 Å². The summed E-state index contributed by atoms with van der Waals surface area (Å²) >= 11 is 0. The summed E-state index contributed by atoms with van der Waals surface area (Å²) in [5.41, 5.74) is 0. The van der Waals surface area contributed by atoms with Crippen LogP contribution in [0.25, 0.3) is 0 Å². The number of aliphatic hydroxyl groups is 33. The third kappa shape index (κ3) is 22.6. The number of ether oxygens (including phenoxy) is 21. The highest BCUT2D eigenvalue weighted by atomic mass is 16.8. The molecule has 0 radical (unpaired) electrons. The lowest BCUT2D eigenvalue weighted by Gasteiger charge is -2.51. The summed E-state index contributed by atoms with van der Waals surface area (Å²) in [5.74, 6) is -1.83. The van der Waals surface area contributed by atoms with E-state index in [4.69, 9.17) is 99.5 Å². The normalized spacial score (nSPS) is 51.7. The van der Waals surface area contributed by atoms with Gasteiger partial charge in [0.15, 0.2) is 69.2 Å². The molecule has 11 rings (SSSR count). The molecular formula is C70H118N2O56. The first-order chi connectivity index (χ1) is 60.6. The molecule has 0 bridgehead atoms. The minimum Gasteiger partial charge on any atom is -0.394 e. The monoisotopic (exact) mass is 1880 g/mol. The average Bonchev–Trinajstić information content (AvgIpc) is 0.764. The van der Waals surface area contributed by atoms with Gasteiger partial charge in [0.1, 0.15) is 268 Å². The Hall–Kier alpha value is -3.22. The highest BCUT2D eigenvalue weighted by Gasteiger charge is 2.62. The van der Waals surface area contributed by atoms with Gasteiger partial charge < -0.3 is 279 Å². The zero-order valence-electron chi connectivity index (χ0n) is 67.7. The van der Waals surface area contributed by atoms with Crippen LogP contribution in [-0.4, -0.2) is 591 Å². The fourth-order valence-electron chi connectivity index (χ4n) is 16.4. The zero-order valence-corrected chi connectivity index (χ0v) is 67.7. The van der Waals surface area contributed by atoms with Crippen LogP contribution in [0.5, 0.6) is 0 Å². The fourth-order valence-corrected chi connectivity index (χ4v) is 16.4. The molecule has 35 N–H and O–H groups in total. The molecule has 2 amide bonds. The molecule has 0 aliphatic carbocycles. The van der Waals surface area contributed by atoms with Crippen molar-refractivity contribution in [2.24, 2.45) is 0 Å². The number of hydrogen-bond acceptors (Lipinski definition) is 56. The Morgan fingerprint density at radius 2 is 0.422 bits per heavy atom. The quantitative estimate of drug-likeness (QED) is 0.0290. The van der Waals surface area contributed by atoms with Crippen LogP contribution < -0.4 is 10.6 Å². The molecular weight excluding hydrogens is 1760 g/mol. The van der Waals surface area contributed by atoms with Crippen molar-refractivity contribution in [1.29, 1.82) is 0 Å². The molecule has 55 atom stereocenters. The molecule has 0 aromatic rings. The van der Waals surface area contributed by atoms with E-state index >= 15 is 0 Å². The summed E-state index contributed by atoms with van der Waals surface area (Å²) in [4.78, 5) is 25.4. The van der Waals surface area contributed by atoms with Crippen molar-refractivity contribution >= 4 is 11.8 Å². The first kappa shape index (κ1) is 105. The van der Waals surface area contributed by atoms with Crippen LogP contribution in [0.15, 0.2) is 0 Å². The van der Waals surface area contributed by atoms with Crippen LogP contribution in [0.2, 0.25) is 0 Å². The summed E-state index contributed by atoms with van der Waals surface area (Å²) in [6, 6.07) is -3.73. The van der Waals surface area contributed by atoms with Crippen molar-refractivity contribution < 1.29 is 278 Å². The Morgan fingerprint density at radius 3 is 0.805 bits per heavy atom. The van der Waals surface area contributed by atoms with Crippen LogP contribution >= 0.6 is 0 Å². The number of amides is 2. The second-order valence-corrected chi connectivity index (χ2v) is 32.4. The lowest BCUT2D eigenvalue weighted by Crippen LogP contribution is -2.70. The molecule has 58 heteroatoms. The molecule has 744 valence electrons. The highest BCUT2D eigenvalue weighted by Crippen LogP contribution is 2.41. The van der Waals surface area contributed by atoms with E-state index in [-0.39, 0.29) is 0 Å². The highest BCUT2D eigenvalue weighted by molar-refractivity contribution is 5.73. The maximum Gasteiger partial charge on any atom is 0.217 e. The predicted octanol–water partition coefficient (Wildman–Crippen LogP) is -24.7. The van der Waals surface area contributed by atoms with Gasteiger partial charge in [0.05, 0.1) is 72.7 Å². The molecule has 11 aliphatic rings. The van der Waals surface area contributed by atoms with Crippen molar-refractivity contribution in [1.82, 2.24) is 10.6 Å². The van der Waals surface area contributed by atoms with Gasteiger partial charge in [-0.25, -0.2) is 0 Å². The minimum absolute atomic E-state index is 0.828. The minimum atomic E-state index is -2.75. The van der Waals surface area contributed by atoms with Crippen LogP contribution in [-0.2, 0) is 109 Å². The van der Waals surface area contributed by atoms with Crippen LogP contribution in [0.3, 0.4) is 0 Å². The maximum atomic E-state index is 13.2. The lowest BCUT2D eigenvalue weighted by molar-refractivity contribution is -0.412. The van der Waals surface area contributed by atoms with Crippen LogP contribution in [0.4, 0.5) is 0 Å². The lowest BCUT2D eigenvalue weighted by atomic mass is 9.94. The van der Waals surface area contributed by atoms with Gasteiger partial charge in [-0.3, -0.25) is 9.59 Å². The second kappa shape index (κ2) is 45.8.